The molecule has 2 N–H and O–H groups in total. The van der Waals surface area contributed by atoms with E-state index < -0.39 is 0 Å². The molecule has 5 heteroatoms. The number of benzene rings is 1. The van der Waals surface area contributed by atoms with Gasteiger partial charge in [0.05, 0.1) is 16.3 Å². The van der Waals surface area contributed by atoms with Crippen LogP contribution in [0.1, 0.15) is 27.2 Å². The number of imidazole rings is 1. The number of carbonyl (C=O) groups is 1. The summed E-state index contributed by atoms with van der Waals surface area (Å²) in [6.07, 6.45) is 1.01. The molecule has 108 valence electrons. The first kappa shape index (κ1) is 14.9. The predicted molar refractivity (Wildman–Crippen MR) is 83.9 cm³/mol. The van der Waals surface area contributed by atoms with Crippen molar-refractivity contribution < 1.29 is 4.79 Å². The summed E-state index contributed by atoms with van der Waals surface area (Å²) >= 11 is 1.46. The SMILES string of the molecule is CC(C)CCNC(=O)C(C)Sc1nc2ccccc2[nH]1. The van der Waals surface area contributed by atoms with Crippen LogP contribution in [0.2, 0.25) is 0 Å². The molecule has 20 heavy (non-hydrogen) atoms. The van der Waals surface area contributed by atoms with Crippen LogP contribution in [0.3, 0.4) is 0 Å². The van der Waals surface area contributed by atoms with E-state index in [0.717, 1.165) is 29.2 Å². The highest BCUT2D eigenvalue weighted by atomic mass is 32.2. The maximum atomic E-state index is 12.0. The third-order valence-electron chi connectivity index (χ3n) is 3.05. The minimum Gasteiger partial charge on any atom is -0.355 e. The molecule has 0 spiro atoms. The van der Waals surface area contributed by atoms with E-state index in [9.17, 15) is 4.79 Å². The first-order chi connectivity index (χ1) is 9.56. The zero-order chi connectivity index (χ0) is 14.5. The second kappa shape index (κ2) is 6.79. The number of nitrogens with zero attached hydrogens (tertiary/aromatic N) is 1. The number of fused-ring (bicyclic) bond motifs is 1. The highest BCUT2D eigenvalue weighted by molar-refractivity contribution is 8.00. The van der Waals surface area contributed by atoms with Crippen LogP contribution < -0.4 is 5.32 Å². The first-order valence-electron chi connectivity index (χ1n) is 6.95. The lowest BCUT2D eigenvalue weighted by Gasteiger charge is -2.11. The van der Waals surface area contributed by atoms with Crippen LogP contribution in [-0.4, -0.2) is 27.7 Å². The Morgan fingerprint density at radius 1 is 1.35 bits per heavy atom. The number of H-pyrrole nitrogens is 1. The summed E-state index contributed by atoms with van der Waals surface area (Å²) in [6.45, 7) is 6.95. The van der Waals surface area contributed by atoms with Crippen molar-refractivity contribution >= 4 is 28.7 Å². The monoisotopic (exact) mass is 291 g/mol. The van der Waals surface area contributed by atoms with Gasteiger partial charge in [0.2, 0.25) is 5.91 Å². The number of hydrogen-bond donors (Lipinski definition) is 2. The molecule has 0 bridgehead atoms. The molecular weight excluding hydrogens is 270 g/mol. The molecule has 2 aromatic rings. The number of nitrogens with one attached hydrogen (secondary N) is 2. The van der Waals surface area contributed by atoms with Crippen LogP contribution in [0.15, 0.2) is 29.4 Å². The van der Waals surface area contributed by atoms with Gasteiger partial charge in [0.1, 0.15) is 0 Å². The van der Waals surface area contributed by atoms with E-state index >= 15 is 0 Å². The Kier molecular flexibility index (Phi) is 5.06. The molecule has 0 aliphatic rings. The van der Waals surface area contributed by atoms with Crippen LogP contribution in [0.4, 0.5) is 0 Å². The first-order valence-corrected chi connectivity index (χ1v) is 7.83. The highest BCUT2D eigenvalue weighted by Gasteiger charge is 2.16. The number of aromatic nitrogens is 2. The van der Waals surface area contributed by atoms with Crippen LogP contribution >= 0.6 is 11.8 Å². The Hall–Kier alpha value is -1.49. The van der Waals surface area contributed by atoms with Gasteiger partial charge in [0.15, 0.2) is 5.16 Å². The predicted octanol–water partition coefficient (Wildman–Crippen LogP) is 3.21. The third kappa shape index (κ3) is 4.00. The number of thioether (sulfide) groups is 1. The second-order valence-corrected chi connectivity index (χ2v) is 6.62. The summed E-state index contributed by atoms with van der Waals surface area (Å²) in [5.74, 6) is 0.671. The molecule has 0 radical (unpaired) electrons. The van der Waals surface area contributed by atoms with Gasteiger partial charge in [0.25, 0.3) is 0 Å². The molecule has 0 saturated carbocycles. The Morgan fingerprint density at radius 3 is 2.80 bits per heavy atom. The van der Waals surface area contributed by atoms with Gasteiger partial charge in [-0.05, 0) is 31.4 Å². The smallest absolute Gasteiger partial charge is 0.233 e. The molecule has 1 unspecified atom stereocenters. The molecule has 1 amide bonds. The maximum Gasteiger partial charge on any atom is 0.233 e. The normalized spacial score (nSPS) is 12.8. The maximum absolute atomic E-state index is 12.0. The van der Waals surface area contributed by atoms with E-state index in [-0.39, 0.29) is 11.2 Å². The van der Waals surface area contributed by atoms with Gasteiger partial charge in [0, 0.05) is 6.54 Å². The molecule has 4 nitrogen and oxygen atoms in total. The van der Waals surface area contributed by atoms with Crippen molar-refractivity contribution in [3.05, 3.63) is 24.3 Å². The van der Waals surface area contributed by atoms with Crippen molar-refractivity contribution in [1.29, 1.82) is 0 Å². The Bertz CT molecular complexity index is 546. The molecular formula is C15H21N3OS. The summed E-state index contributed by atoms with van der Waals surface area (Å²) in [5.41, 5.74) is 1.94. The van der Waals surface area contributed by atoms with Crippen molar-refractivity contribution in [2.45, 2.75) is 37.6 Å². The molecule has 1 aromatic carbocycles. The minimum atomic E-state index is -0.150. The van der Waals surface area contributed by atoms with Crippen LogP contribution in [-0.2, 0) is 4.79 Å². The average Bonchev–Trinajstić information content (AvgIpc) is 2.80. The summed E-state index contributed by atoms with van der Waals surface area (Å²) in [6, 6.07) is 7.87. The lowest BCUT2D eigenvalue weighted by molar-refractivity contribution is -0.120. The van der Waals surface area contributed by atoms with E-state index in [2.05, 4.69) is 29.1 Å². The minimum absolute atomic E-state index is 0.0658. The third-order valence-corrected chi connectivity index (χ3v) is 4.03. The molecule has 0 saturated heterocycles. The number of para-hydroxylation sites is 2. The number of hydrogen-bond acceptors (Lipinski definition) is 3. The summed E-state index contributed by atoms with van der Waals surface area (Å²) in [7, 11) is 0. The number of carbonyl (C=O) groups excluding carboxylic acids is 1. The van der Waals surface area contributed by atoms with Crippen LogP contribution in [0, 0.1) is 5.92 Å². The Labute approximate surface area is 123 Å². The van der Waals surface area contributed by atoms with Crippen molar-refractivity contribution in [3.63, 3.8) is 0 Å². The topological polar surface area (TPSA) is 57.8 Å². The number of amides is 1. The Balaban J connectivity index is 1.90. The molecule has 1 heterocycles. The fourth-order valence-electron chi connectivity index (χ4n) is 1.83. The van der Waals surface area contributed by atoms with Gasteiger partial charge in [-0.2, -0.15) is 0 Å². The fraction of sp³-hybridized carbons (Fsp3) is 0.467. The van der Waals surface area contributed by atoms with Crippen molar-refractivity contribution in [1.82, 2.24) is 15.3 Å². The van der Waals surface area contributed by atoms with Crippen LogP contribution in [0.5, 0.6) is 0 Å². The lowest BCUT2D eigenvalue weighted by atomic mass is 10.1. The van der Waals surface area contributed by atoms with Gasteiger partial charge in [-0.25, -0.2) is 4.98 Å². The van der Waals surface area contributed by atoms with Gasteiger partial charge in [-0.15, -0.1) is 0 Å². The van der Waals surface area contributed by atoms with Gasteiger partial charge in [-0.1, -0.05) is 37.7 Å². The largest absolute Gasteiger partial charge is 0.355 e. The lowest BCUT2D eigenvalue weighted by Crippen LogP contribution is -2.32. The van der Waals surface area contributed by atoms with E-state index in [1.807, 2.05) is 31.2 Å². The molecule has 1 aromatic heterocycles. The molecule has 0 aliphatic heterocycles. The van der Waals surface area contributed by atoms with E-state index in [1.54, 1.807) is 0 Å². The Morgan fingerprint density at radius 2 is 2.10 bits per heavy atom. The second-order valence-electron chi connectivity index (χ2n) is 5.29. The molecule has 1 atom stereocenters. The van der Waals surface area contributed by atoms with E-state index in [0.29, 0.717) is 5.92 Å². The van der Waals surface area contributed by atoms with Gasteiger partial charge in [-0.3, -0.25) is 4.79 Å². The zero-order valence-electron chi connectivity index (χ0n) is 12.1. The van der Waals surface area contributed by atoms with Crippen molar-refractivity contribution in [3.8, 4) is 0 Å². The highest BCUT2D eigenvalue weighted by Crippen LogP contribution is 2.23. The van der Waals surface area contributed by atoms with Crippen LogP contribution in [0.25, 0.3) is 11.0 Å². The molecule has 0 aliphatic carbocycles. The van der Waals surface area contributed by atoms with Crippen molar-refractivity contribution in [2.24, 2.45) is 5.92 Å². The fourth-order valence-corrected chi connectivity index (χ4v) is 2.68. The molecule has 0 fully saturated rings. The quantitative estimate of drug-likeness (QED) is 0.804. The van der Waals surface area contributed by atoms with Crippen molar-refractivity contribution in [2.75, 3.05) is 6.54 Å². The van der Waals surface area contributed by atoms with Gasteiger partial charge < -0.3 is 10.3 Å². The van der Waals surface area contributed by atoms with E-state index in [1.165, 1.54) is 11.8 Å². The number of aromatic amines is 1. The number of rotatable bonds is 6. The molecule has 2 rings (SSSR count). The summed E-state index contributed by atoms with van der Waals surface area (Å²) < 4.78 is 0. The zero-order valence-corrected chi connectivity index (χ0v) is 13.0. The standard InChI is InChI=1S/C15H21N3OS/c1-10(2)8-9-16-14(19)11(3)20-15-17-12-6-4-5-7-13(12)18-15/h4-7,10-11H,8-9H2,1-3H3,(H,16,19)(H,17,18). The average molecular weight is 291 g/mol. The van der Waals surface area contributed by atoms with E-state index in [4.69, 9.17) is 0 Å². The van der Waals surface area contributed by atoms with Gasteiger partial charge >= 0.3 is 0 Å². The summed E-state index contributed by atoms with van der Waals surface area (Å²) in [4.78, 5) is 19.7. The summed E-state index contributed by atoms with van der Waals surface area (Å²) in [5, 5.41) is 3.61.